The molecule has 3 aromatic rings. The van der Waals surface area contributed by atoms with Crippen molar-refractivity contribution < 1.29 is 14.0 Å². The van der Waals surface area contributed by atoms with E-state index in [1.165, 1.54) is 17.3 Å². The van der Waals surface area contributed by atoms with E-state index in [1.807, 2.05) is 24.3 Å². The zero-order valence-electron chi connectivity index (χ0n) is 17.7. The van der Waals surface area contributed by atoms with E-state index in [2.05, 4.69) is 17.1 Å². The number of thioether (sulfide) groups is 1. The quantitative estimate of drug-likeness (QED) is 0.506. The van der Waals surface area contributed by atoms with Crippen molar-refractivity contribution in [2.24, 2.45) is 0 Å². The molecule has 0 radical (unpaired) electrons. The van der Waals surface area contributed by atoms with Crippen LogP contribution in [-0.2, 0) is 11.2 Å². The van der Waals surface area contributed by atoms with Gasteiger partial charge in [0.05, 0.1) is 5.75 Å². The third-order valence-corrected chi connectivity index (χ3v) is 6.40. The number of halogens is 1. The fourth-order valence-corrected chi connectivity index (χ4v) is 4.21. The van der Waals surface area contributed by atoms with Crippen LogP contribution < -0.4 is 0 Å². The smallest absolute Gasteiger partial charge is 0.277 e. The van der Waals surface area contributed by atoms with E-state index in [9.17, 15) is 9.59 Å². The Morgan fingerprint density at radius 2 is 1.62 bits per heavy atom. The van der Waals surface area contributed by atoms with E-state index < -0.39 is 0 Å². The molecule has 4 rings (SSSR count). The molecule has 1 saturated heterocycles. The third-order valence-electron chi connectivity index (χ3n) is 5.35. The second kappa shape index (κ2) is 10.2. The van der Waals surface area contributed by atoms with Gasteiger partial charge in [0.2, 0.25) is 11.8 Å². The van der Waals surface area contributed by atoms with Crippen molar-refractivity contribution >= 4 is 35.2 Å². The van der Waals surface area contributed by atoms with Crippen molar-refractivity contribution in [1.29, 1.82) is 0 Å². The monoisotopic (exact) mass is 470 g/mol. The number of aryl methyl sites for hydroxylation is 1. The number of hydrogen-bond acceptors (Lipinski definition) is 6. The standard InChI is InChI=1S/C23H23ClN4O3S/c1-2-16-3-5-18(6-4-16)22(30)28-13-11-27(12-14-28)20(29)15-32-23-26-25-21(31-23)17-7-9-19(24)10-8-17/h3-10H,2,11-15H2,1H3. The van der Waals surface area contributed by atoms with Gasteiger partial charge in [-0.2, -0.15) is 0 Å². The predicted octanol–water partition coefficient (Wildman–Crippen LogP) is 4.03. The second-order valence-corrected chi connectivity index (χ2v) is 8.76. The molecule has 166 valence electrons. The second-order valence-electron chi connectivity index (χ2n) is 7.39. The minimum atomic E-state index is -0.0133. The van der Waals surface area contributed by atoms with Gasteiger partial charge in [-0.3, -0.25) is 9.59 Å². The molecule has 0 atom stereocenters. The number of piperazine rings is 1. The maximum Gasteiger partial charge on any atom is 0.277 e. The molecule has 1 fully saturated rings. The van der Waals surface area contributed by atoms with Crippen molar-refractivity contribution in [3.63, 3.8) is 0 Å². The molecule has 0 saturated carbocycles. The highest BCUT2D eigenvalue weighted by Gasteiger charge is 2.25. The lowest BCUT2D eigenvalue weighted by molar-refractivity contribution is -0.129. The molecule has 0 spiro atoms. The Bertz CT molecular complexity index is 1080. The van der Waals surface area contributed by atoms with Crippen LogP contribution >= 0.6 is 23.4 Å². The Labute approximate surface area is 195 Å². The van der Waals surface area contributed by atoms with Crippen LogP contribution in [-0.4, -0.2) is 63.7 Å². The van der Waals surface area contributed by atoms with Gasteiger partial charge in [0, 0.05) is 42.3 Å². The Morgan fingerprint density at radius 3 is 2.28 bits per heavy atom. The van der Waals surface area contributed by atoms with Crippen LogP contribution in [0.5, 0.6) is 0 Å². The van der Waals surface area contributed by atoms with E-state index >= 15 is 0 Å². The summed E-state index contributed by atoms with van der Waals surface area (Å²) in [7, 11) is 0. The molecule has 0 aliphatic carbocycles. The Balaban J connectivity index is 1.26. The van der Waals surface area contributed by atoms with Crippen molar-refractivity contribution in [1.82, 2.24) is 20.0 Å². The van der Waals surface area contributed by atoms with Crippen LogP contribution in [0.1, 0.15) is 22.8 Å². The number of aromatic nitrogens is 2. The number of amides is 2. The molecule has 0 N–H and O–H groups in total. The average molecular weight is 471 g/mol. The fraction of sp³-hybridized carbons (Fsp3) is 0.304. The van der Waals surface area contributed by atoms with Crippen molar-refractivity contribution in [2.75, 3.05) is 31.9 Å². The SMILES string of the molecule is CCc1ccc(C(=O)N2CCN(C(=O)CSc3nnc(-c4ccc(Cl)cc4)o3)CC2)cc1. The molecule has 2 heterocycles. The first-order valence-electron chi connectivity index (χ1n) is 10.4. The predicted molar refractivity (Wildman–Crippen MR) is 124 cm³/mol. The van der Waals surface area contributed by atoms with Crippen molar-refractivity contribution in [3.8, 4) is 11.5 Å². The molecule has 0 unspecified atom stereocenters. The van der Waals surface area contributed by atoms with E-state index in [-0.39, 0.29) is 17.6 Å². The molecular formula is C23H23ClN4O3S. The summed E-state index contributed by atoms with van der Waals surface area (Å²) in [6.07, 6.45) is 0.944. The van der Waals surface area contributed by atoms with Gasteiger partial charge in [0.15, 0.2) is 0 Å². The van der Waals surface area contributed by atoms with Crippen molar-refractivity contribution in [3.05, 3.63) is 64.7 Å². The summed E-state index contributed by atoms with van der Waals surface area (Å²) >= 11 is 7.11. The van der Waals surface area contributed by atoms with E-state index in [0.29, 0.717) is 47.9 Å². The molecule has 32 heavy (non-hydrogen) atoms. The lowest BCUT2D eigenvalue weighted by Gasteiger charge is -2.34. The van der Waals surface area contributed by atoms with Gasteiger partial charge in [-0.05, 0) is 48.4 Å². The molecule has 0 bridgehead atoms. The zero-order chi connectivity index (χ0) is 22.5. The highest BCUT2D eigenvalue weighted by molar-refractivity contribution is 7.99. The van der Waals surface area contributed by atoms with Gasteiger partial charge in [-0.25, -0.2) is 0 Å². The van der Waals surface area contributed by atoms with Crippen molar-refractivity contribution in [2.45, 2.75) is 18.6 Å². The summed E-state index contributed by atoms with van der Waals surface area (Å²) < 4.78 is 5.64. The van der Waals surface area contributed by atoms with Gasteiger partial charge >= 0.3 is 0 Å². The number of carbonyl (C=O) groups is 2. The largest absolute Gasteiger partial charge is 0.411 e. The summed E-state index contributed by atoms with van der Waals surface area (Å²) in [5.41, 5.74) is 2.66. The van der Waals surface area contributed by atoms with Gasteiger partial charge in [-0.1, -0.05) is 42.4 Å². The summed E-state index contributed by atoms with van der Waals surface area (Å²) in [6.45, 7) is 4.15. The molecule has 1 aliphatic heterocycles. The third kappa shape index (κ3) is 5.31. The number of carbonyl (C=O) groups excluding carboxylic acids is 2. The first-order chi connectivity index (χ1) is 15.5. The minimum absolute atomic E-state index is 0.00900. The molecule has 9 heteroatoms. The summed E-state index contributed by atoms with van der Waals surface area (Å²) in [5, 5.41) is 9.00. The van der Waals surface area contributed by atoms with E-state index in [0.717, 1.165) is 12.0 Å². The van der Waals surface area contributed by atoms with E-state index in [1.54, 1.807) is 34.1 Å². The molecule has 1 aliphatic rings. The normalized spacial score (nSPS) is 13.9. The maximum absolute atomic E-state index is 12.7. The minimum Gasteiger partial charge on any atom is -0.411 e. The van der Waals surface area contributed by atoms with Gasteiger partial charge in [-0.15, -0.1) is 10.2 Å². The lowest BCUT2D eigenvalue weighted by atomic mass is 10.1. The molecule has 7 nitrogen and oxygen atoms in total. The molecule has 2 aromatic carbocycles. The zero-order valence-corrected chi connectivity index (χ0v) is 19.2. The number of nitrogens with zero attached hydrogens (tertiary/aromatic N) is 4. The molecule has 2 amide bonds. The highest BCUT2D eigenvalue weighted by atomic mass is 35.5. The molecular weight excluding hydrogens is 448 g/mol. The van der Waals surface area contributed by atoms with Crippen LogP contribution in [0.15, 0.2) is 58.2 Å². The molecule has 1 aromatic heterocycles. The number of hydrogen-bond donors (Lipinski definition) is 0. The topological polar surface area (TPSA) is 79.5 Å². The van der Waals surface area contributed by atoms with Crippen LogP contribution in [0.25, 0.3) is 11.5 Å². The first-order valence-corrected chi connectivity index (χ1v) is 11.8. The average Bonchev–Trinajstić information content (AvgIpc) is 3.32. The Hall–Kier alpha value is -2.84. The fourth-order valence-electron chi connectivity index (χ4n) is 3.42. The summed E-state index contributed by atoms with van der Waals surface area (Å²) in [4.78, 5) is 28.9. The van der Waals surface area contributed by atoms with Crippen LogP contribution in [0.4, 0.5) is 0 Å². The maximum atomic E-state index is 12.7. The van der Waals surface area contributed by atoms with Gasteiger partial charge < -0.3 is 14.2 Å². The number of rotatable bonds is 6. The Morgan fingerprint density at radius 1 is 0.969 bits per heavy atom. The van der Waals surface area contributed by atoms with Crippen LogP contribution in [0, 0.1) is 0 Å². The van der Waals surface area contributed by atoms with Crippen LogP contribution in [0.3, 0.4) is 0 Å². The summed E-state index contributed by atoms with van der Waals surface area (Å²) in [6, 6.07) is 14.8. The highest BCUT2D eigenvalue weighted by Crippen LogP contribution is 2.24. The number of benzene rings is 2. The van der Waals surface area contributed by atoms with Gasteiger partial charge in [0.1, 0.15) is 0 Å². The lowest BCUT2D eigenvalue weighted by Crippen LogP contribution is -2.51. The van der Waals surface area contributed by atoms with E-state index in [4.69, 9.17) is 16.0 Å². The van der Waals surface area contributed by atoms with Crippen LogP contribution in [0.2, 0.25) is 5.02 Å². The summed E-state index contributed by atoms with van der Waals surface area (Å²) in [5.74, 6) is 0.584. The Kier molecular flexibility index (Phi) is 7.12. The van der Waals surface area contributed by atoms with Gasteiger partial charge in [0.25, 0.3) is 11.1 Å². The first kappa shape index (κ1) is 22.4.